The molecule has 4 atom stereocenters. The number of piperidine rings is 1. The maximum atomic E-state index is 12.9. The van der Waals surface area contributed by atoms with Crippen molar-refractivity contribution in [1.29, 1.82) is 0 Å². The monoisotopic (exact) mass is 370 g/mol. The molecule has 4 unspecified atom stereocenters. The Bertz CT molecular complexity index is 535. The highest BCUT2D eigenvalue weighted by Crippen LogP contribution is 2.55. The number of nitrogens with zero attached hydrogens (tertiary/aromatic N) is 1. The smallest absolute Gasteiger partial charge is 0.224 e. The van der Waals surface area contributed by atoms with Crippen molar-refractivity contribution in [3.8, 4) is 0 Å². The topological polar surface area (TPSA) is 52.6 Å². The van der Waals surface area contributed by atoms with Crippen molar-refractivity contribution in [2.45, 2.75) is 55.4 Å². The van der Waals surface area contributed by atoms with Gasteiger partial charge in [-0.05, 0) is 25.2 Å². The van der Waals surface area contributed by atoms with Crippen LogP contribution in [0.4, 0.5) is 0 Å². The van der Waals surface area contributed by atoms with Crippen LogP contribution in [0.1, 0.15) is 38.5 Å². The van der Waals surface area contributed by atoms with Crippen molar-refractivity contribution in [2.24, 2.45) is 11.8 Å². The summed E-state index contributed by atoms with van der Waals surface area (Å²) in [5.41, 5.74) is 0. The number of allylic oxidation sites excluding steroid dienone is 2. The van der Waals surface area contributed by atoms with E-state index < -0.39 is 0 Å². The number of amides is 1. The first-order valence-electron chi connectivity index (χ1n) is 8.96. The van der Waals surface area contributed by atoms with Gasteiger partial charge in [0.1, 0.15) is 0 Å². The van der Waals surface area contributed by atoms with E-state index in [0.717, 1.165) is 25.0 Å². The van der Waals surface area contributed by atoms with Gasteiger partial charge in [0.2, 0.25) is 5.91 Å². The Morgan fingerprint density at radius 1 is 1.21 bits per heavy atom. The number of nitrogens with one attached hydrogen (secondary N) is 1. The fourth-order valence-electron chi connectivity index (χ4n) is 4.86. The fraction of sp³-hybridized carbons (Fsp3) is 0.722. The summed E-state index contributed by atoms with van der Waals surface area (Å²) in [6.45, 7) is 0.656. The molecule has 2 heterocycles. The normalized spacial score (nSPS) is 39.0. The molecule has 4 rings (SSSR count). The highest BCUT2D eigenvalue weighted by Gasteiger charge is 2.57. The second-order valence-electron chi connectivity index (χ2n) is 7.36. The lowest BCUT2D eigenvalue weighted by Gasteiger charge is -2.47. The number of hydrogen-bond donors (Lipinski definition) is 2. The highest BCUT2D eigenvalue weighted by atomic mass is 35.5. The van der Waals surface area contributed by atoms with Gasteiger partial charge in [0.15, 0.2) is 0 Å². The third-order valence-corrected chi connectivity index (χ3v) is 7.79. The number of carbonyl (C=O) groups is 1. The molecule has 0 bridgehead atoms. The Morgan fingerprint density at radius 2 is 2.00 bits per heavy atom. The lowest BCUT2D eigenvalue weighted by molar-refractivity contribution is -0.149. The molecule has 6 heteroatoms. The van der Waals surface area contributed by atoms with Gasteiger partial charge in [-0.2, -0.15) is 5.06 Å². The van der Waals surface area contributed by atoms with Gasteiger partial charge in [-0.1, -0.05) is 43.6 Å². The Kier molecular flexibility index (Phi) is 5.65. The van der Waals surface area contributed by atoms with Crippen molar-refractivity contribution in [3.63, 3.8) is 0 Å². The molecule has 1 amide bonds. The molecule has 0 aromatic rings. The van der Waals surface area contributed by atoms with Crippen molar-refractivity contribution in [1.82, 2.24) is 10.4 Å². The van der Waals surface area contributed by atoms with Crippen LogP contribution in [0.15, 0.2) is 24.3 Å². The molecule has 3 fully saturated rings. The molecule has 2 aliphatic carbocycles. The molecule has 4 nitrogen and oxygen atoms in total. The highest BCUT2D eigenvalue weighted by molar-refractivity contribution is 8.01. The van der Waals surface area contributed by atoms with E-state index in [1.807, 2.05) is 17.8 Å². The van der Waals surface area contributed by atoms with Gasteiger partial charge in [-0.25, -0.2) is 0 Å². The zero-order valence-electron chi connectivity index (χ0n) is 13.9. The molecule has 0 aromatic heterocycles. The second kappa shape index (κ2) is 7.40. The van der Waals surface area contributed by atoms with Gasteiger partial charge in [-0.15, -0.1) is 24.2 Å². The molecular weight excluding hydrogens is 344 g/mol. The molecular formula is C18H27ClN2O2S. The molecule has 2 N–H and O–H groups in total. The minimum absolute atomic E-state index is 0. The van der Waals surface area contributed by atoms with Crippen LogP contribution >= 0.6 is 24.2 Å². The van der Waals surface area contributed by atoms with E-state index in [0.29, 0.717) is 18.5 Å². The standard InChI is InChI=1S/C18H26N2O2S.ClH/c21-17(19-13-6-2-1-3-7-13)14-12-23-18-10-5-4-8-16(18)20(22)11-9-15(14)18;/h4-5,8,10,13-16,22H,1-3,6-7,9,11-12H2,(H,19,21);1H. The average Bonchev–Trinajstić information content (AvgIpc) is 2.94. The maximum absolute atomic E-state index is 12.9. The van der Waals surface area contributed by atoms with E-state index in [1.165, 1.54) is 24.3 Å². The molecule has 1 saturated carbocycles. The summed E-state index contributed by atoms with van der Waals surface area (Å²) in [5, 5.41) is 15.1. The van der Waals surface area contributed by atoms with E-state index in [-0.39, 0.29) is 35.0 Å². The number of carbonyl (C=O) groups excluding carboxylic acids is 1. The quantitative estimate of drug-likeness (QED) is 0.784. The predicted molar refractivity (Wildman–Crippen MR) is 99.6 cm³/mol. The lowest BCUT2D eigenvalue weighted by Crippen LogP contribution is -2.57. The van der Waals surface area contributed by atoms with Gasteiger partial charge in [-0.3, -0.25) is 4.79 Å². The van der Waals surface area contributed by atoms with E-state index in [4.69, 9.17) is 0 Å². The molecule has 0 aromatic carbocycles. The zero-order chi connectivity index (χ0) is 15.9. The van der Waals surface area contributed by atoms with Gasteiger partial charge < -0.3 is 10.5 Å². The summed E-state index contributed by atoms with van der Waals surface area (Å²) in [6.07, 6.45) is 15.4. The first-order valence-corrected chi connectivity index (χ1v) is 9.95. The molecule has 2 aliphatic heterocycles. The van der Waals surface area contributed by atoms with Crippen molar-refractivity contribution >= 4 is 30.1 Å². The first kappa shape index (κ1) is 18.3. The largest absolute Gasteiger partial charge is 0.353 e. The molecule has 2 saturated heterocycles. The summed E-state index contributed by atoms with van der Waals surface area (Å²) in [5.74, 6) is 1.52. The molecule has 1 spiro atoms. The predicted octanol–water partition coefficient (Wildman–Crippen LogP) is 3.16. The van der Waals surface area contributed by atoms with Crippen molar-refractivity contribution < 1.29 is 10.0 Å². The van der Waals surface area contributed by atoms with Gasteiger partial charge in [0, 0.05) is 18.3 Å². The zero-order valence-corrected chi connectivity index (χ0v) is 15.5. The van der Waals surface area contributed by atoms with E-state index in [1.54, 1.807) is 0 Å². The second-order valence-corrected chi connectivity index (χ2v) is 8.69. The van der Waals surface area contributed by atoms with Crippen LogP contribution in [-0.4, -0.2) is 45.3 Å². The third-order valence-electron chi connectivity index (χ3n) is 6.08. The molecule has 134 valence electrons. The van der Waals surface area contributed by atoms with Gasteiger partial charge >= 0.3 is 0 Å². The van der Waals surface area contributed by atoms with Crippen LogP contribution in [0, 0.1) is 11.8 Å². The Hall–Kier alpha value is -0.490. The Labute approximate surface area is 154 Å². The summed E-state index contributed by atoms with van der Waals surface area (Å²) in [4.78, 5) is 12.9. The fourth-order valence-corrected chi connectivity index (χ4v) is 6.75. The van der Waals surface area contributed by atoms with Crippen LogP contribution in [0.2, 0.25) is 0 Å². The number of thioether (sulfide) groups is 1. The van der Waals surface area contributed by atoms with Crippen LogP contribution in [0.5, 0.6) is 0 Å². The van der Waals surface area contributed by atoms with Gasteiger partial charge in [0.05, 0.1) is 16.7 Å². The lowest BCUT2D eigenvalue weighted by atomic mass is 9.71. The molecule has 4 aliphatic rings. The van der Waals surface area contributed by atoms with Crippen molar-refractivity contribution in [2.75, 3.05) is 12.3 Å². The summed E-state index contributed by atoms with van der Waals surface area (Å²) < 4.78 is -0.129. The van der Waals surface area contributed by atoms with E-state index in [9.17, 15) is 10.0 Å². The van der Waals surface area contributed by atoms with Crippen LogP contribution < -0.4 is 5.32 Å². The Morgan fingerprint density at radius 3 is 2.79 bits per heavy atom. The van der Waals surface area contributed by atoms with Crippen LogP contribution in [0.25, 0.3) is 0 Å². The Balaban J connectivity index is 0.00000169. The van der Waals surface area contributed by atoms with Gasteiger partial charge in [0.25, 0.3) is 0 Å². The van der Waals surface area contributed by atoms with Crippen LogP contribution in [0.3, 0.4) is 0 Å². The number of hydrogen-bond acceptors (Lipinski definition) is 4. The minimum Gasteiger partial charge on any atom is -0.353 e. The summed E-state index contributed by atoms with van der Waals surface area (Å²) >= 11 is 1.86. The molecule has 0 radical (unpaired) electrons. The summed E-state index contributed by atoms with van der Waals surface area (Å²) in [6, 6.07) is 0.386. The van der Waals surface area contributed by atoms with Crippen molar-refractivity contribution in [3.05, 3.63) is 24.3 Å². The third kappa shape index (κ3) is 3.05. The van der Waals surface area contributed by atoms with E-state index >= 15 is 0 Å². The molecule has 24 heavy (non-hydrogen) atoms. The minimum atomic E-state index is -0.129. The number of rotatable bonds is 2. The SMILES string of the molecule is Cl.O=C(NC1CCCCC1)C1CSC23C=CC=CC2N(O)CCC13. The maximum Gasteiger partial charge on any atom is 0.224 e. The number of halogens is 1. The first-order chi connectivity index (χ1) is 11.2. The number of hydroxylamine groups is 2. The average molecular weight is 371 g/mol. The van der Waals surface area contributed by atoms with Crippen LogP contribution in [-0.2, 0) is 4.79 Å². The summed E-state index contributed by atoms with van der Waals surface area (Å²) in [7, 11) is 0. The van der Waals surface area contributed by atoms with E-state index in [2.05, 4.69) is 23.5 Å².